The molecule has 1 fully saturated rings. The van der Waals surface area contributed by atoms with E-state index in [2.05, 4.69) is 5.32 Å². The molecule has 1 aliphatic rings. The summed E-state index contributed by atoms with van der Waals surface area (Å²) in [7, 11) is 1.66. The van der Waals surface area contributed by atoms with Gasteiger partial charge >= 0.3 is 5.97 Å². The minimum absolute atomic E-state index is 0.0439. The van der Waals surface area contributed by atoms with Gasteiger partial charge in [-0.3, -0.25) is 10.1 Å². The first-order chi connectivity index (χ1) is 8.22. The van der Waals surface area contributed by atoms with Crippen molar-refractivity contribution in [3.8, 4) is 0 Å². The van der Waals surface area contributed by atoms with Gasteiger partial charge in [0.05, 0.1) is 12.0 Å². The summed E-state index contributed by atoms with van der Waals surface area (Å²) in [6, 6.07) is 7.50. The fourth-order valence-corrected chi connectivity index (χ4v) is 3.16. The number of aliphatic carboxylic acids is 1. The van der Waals surface area contributed by atoms with Crippen LogP contribution in [0.1, 0.15) is 16.5 Å². The molecule has 92 valence electrons. The molecular weight excluding hydrogens is 238 g/mol. The maximum absolute atomic E-state index is 10.9. The predicted octanol–water partition coefficient (Wildman–Crippen LogP) is 1.62. The maximum atomic E-state index is 10.9. The molecule has 0 aromatic heterocycles. The number of carboxylic acid groups (broad SMARTS) is 1. The molecule has 0 aliphatic carbocycles. The Bertz CT molecular complexity index is 410. The number of methoxy groups -OCH3 is 1. The lowest BCUT2D eigenvalue weighted by Gasteiger charge is -2.15. The van der Waals surface area contributed by atoms with Crippen LogP contribution in [-0.4, -0.2) is 30.0 Å². The molecule has 17 heavy (non-hydrogen) atoms. The monoisotopic (exact) mass is 253 g/mol. The predicted molar refractivity (Wildman–Crippen MR) is 66.9 cm³/mol. The highest BCUT2D eigenvalue weighted by atomic mass is 32.2. The molecule has 2 rings (SSSR count). The molecule has 1 aliphatic heterocycles. The van der Waals surface area contributed by atoms with Gasteiger partial charge in [0, 0.05) is 12.9 Å². The second-order valence-electron chi connectivity index (χ2n) is 3.90. The van der Waals surface area contributed by atoms with Gasteiger partial charge in [-0.15, -0.1) is 11.8 Å². The van der Waals surface area contributed by atoms with E-state index >= 15 is 0 Å². The molecule has 1 aromatic rings. The third-order valence-corrected chi connectivity index (χ3v) is 3.97. The molecule has 0 saturated carbocycles. The van der Waals surface area contributed by atoms with E-state index in [1.165, 1.54) is 0 Å². The van der Waals surface area contributed by atoms with Crippen LogP contribution in [0.3, 0.4) is 0 Å². The van der Waals surface area contributed by atoms with E-state index in [4.69, 9.17) is 9.84 Å². The molecule has 1 unspecified atom stereocenters. The van der Waals surface area contributed by atoms with Gasteiger partial charge in [-0.25, -0.2) is 0 Å². The number of ether oxygens (including phenoxy) is 1. The number of hydrogen-bond acceptors (Lipinski definition) is 4. The Morgan fingerprint density at radius 3 is 3.00 bits per heavy atom. The van der Waals surface area contributed by atoms with Crippen LogP contribution in [0.25, 0.3) is 0 Å². The zero-order valence-corrected chi connectivity index (χ0v) is 10.4. The molecule has 0 bridgehead atoms. The summed E-state index contributed by atoms with van der Waals surface area (Å²) in [5.41, 5.74) is 2.22. The van der Waals surface area contributed by atoms with E-state index in [9.17, 15) is 4.79 Å². The highest BCUT2D eigenvalue weighted by Crippen LogP contribution is 2.34. The molecule has 0 spiro atoms. The Kier molecular flexibility index (Phi) is 4.04. The summed E-state index contributed by atoms with van der Waals surface area (Å²) in [5.74, 6) is -0.189. The van der Waals surface area contributed by atoms with Gasteiger partial charge in [-0.05, 0) is 11.1 Å². The lowest BCUT2D eigenvalue weighted by Crippen LogP contribution is -2.33. The third kappa shape index (κ3) is 2.80. The average Bonchev–Trinajstić information content (AvgIpc) is 2.79. The van der Waals surface area contributed by atoms with Crippen LogP contribution in [-0.2, 0) is 16.1 Å². The van der Waals surface area contributed by atoms with Crippen molar-refractivity contribution in [3.05, 3.63) is 35.4 Å². The molecule has 5 heteroatoms. The van der Waals surface area contributed by atoms with Gasteiger partial charge in [0.15, 0.2) is 0 Å². The highest BCUT2D eigenvalue weighted by Gasteiger charge is 2.31. The Hall–Kier alpha value is -1.04. The van der Waals surface area contributed by atoms with Crippen LogP contribution in [0.15, 0.2) is 24.3 Å². The van der Waals surface area contributed by atoms with Gasteiger partial charge in [0.1, 0.15) is 6.04 Å². The molecule has 0 amide bonds. The van der Waals surface area contributed by atoms with E-state index < -0.39 is 12.0 Å². The maximum Gasteiger partial charge on any atom is 0.321 e. The first-order valence-corrected chi connectivity index (χ1v) is 6.44. The second-order valence-corrected chi connectivity index (χ2v) is 5.04. The van der Waals surface area contributed by atoms with E-state index in [1.54, 1.807) is 18.9 Å². The number of rotatable bonds is 4. The van der Waals surface area contributed by atoms with Gasteiger partial charge < -0.3 is 9.84 Å². The Morgan fingerprint density at radius 1 is 1.59 bits per heavy atom. The summed E-state index contributed by atoms with van der Waals surface area (Å²) >= 11 is 1.62. The quantitative estimate of drug-likeness (QED) is 0.854. The van der Waals surface area contributed by atoms with Crippen molar-refractivity contribution >= 4 is 17.7 Å². The molecule has 0 radical (unpaired) electrons. The first kappa shape index (κ1) is 12.4. The van der Waals surface area contributed by atoms with Crippen LogP contribution in [0.5, 0.6) is 0 Å². The number of carbonyl (C=O) groups is 1. The van der Waals surface area contributed by atoms with Crippen molar-refractivity contribution in [2.24, 2.45) is 0 Å². The average molecular weight is 253 g/mol. The molecule has 1 heterocycles. The van der Waals surface area contributed by atoms with Gasteiger partial charge in [-0.2, -0.15) is 0 Å². The molecule has 1 aromatic carbocycles. The minimum atomic E-state index is -0.788. The molecule has 4 nitrogen and oxygen atoms in total. The standard InChI is InChI=1S/C12H15NO3S/c1-16-6-8-4-2-3-5-9(8)11-13-10(7-17-11)12(14)15/h2-5,10-11,13H,6-7H2,1H3,(H,14,15)/t10-,11?/m0/s1. The van der Waals surface area contributed by atoms with Crippen molar-refractivity contribution in [2.75, 3.05) is 12.9 Å². The smallest absolute Gasteiger partial charge is 0.321 e. The topological polar surface area (TPSA) is 58.6 Å². The lowest BCUT2D eigenvalue weighted by molar-refractivity contribution is -0.138. The van der Waals surface area contributed by atoms with E-state index in [0.29, 0.717) is 12.4 Å². The van der Waals surface area contributed by atoms with Crippen molar-refractivity contribution in [2.45, 2.75) is 18.0 Å². The van der Waals surface area contributed by atoms with Crippen molar-refractivity contribution < 1.29 is 14.6 Å². The number of thioether (sulfide) groups is 1. The van der Waals surface area contributed by atoms with Crippen molar-refractivity contribution in [1.29, 1.82) is 0 Å². The van der Waals surface area contributed by atoms with Crippen molar-refractivity contribution in [1.82, 2.24) is 5.32 Å². The number of carboxylic acids is 1. The second kappa shape index (κ2) is 5.53. The fraction of sp³-hybridized carbons (Fsp3) is 0.417. The molecule has 2 N–H and O–H groups in total. The summed E-state index contributed by atoms with van der Waals surface area (Å²) in [6.45, 7) is 0.548. The largest absolute Gasteiger partial charge is 0.480 e. The Balaban J connectivity index is 2.15. The van der Waals surface area contributed by atoms with Crippen LogP contribution < -0.4 is 5.32 Å². The van der Waals surface area contributed by atoms with Gasteiger partial charge in [-0.1, -0.05) is 24.3 Å². The third-order valence-electron chi connectivity index (χ3n) is 2.72. The minimum Gasteiger partial charge on any atom is -0.480 e. The number of hydrogen-bond donors (Lipinski definition) is 2. The Morgan fingerprint density at radius 2 is 2.35 bits per heavy atom. The lowest BCUT2D eigenvalue weighted by atomic mass is 10.1. The zero-order valence-electron chi connectivity index (χ0n) is 9.55. The van der Waals surface area contributed by atoms with Crippen LogP contribution in [0, 0.1) is 0 Å². The molecule has 2 atom stereocenters. The zero-order chi connectivity index (χ0) is 12.3. The number of nitrogens with one attached hydrogen (secondary N) is 1. The van der Waals surface area contributed by atoms with Crippen molar-refractivity contribution in [3.63, 3.8) is 0 Å². The fourth-order valence-electron chi connectivity index (χ4n) is 1.87. The van der Waals surface area contributed by atoms with Crippen LogP contribution in [0.4, 0.5) is 0 Å². The SMILES string of the molecule is COCc1ccccc1C1N[C@H](C(=O)O)CS1. The van der Waals surface area contributed by atoms with Gasteiger partial charge in [0.25, 0.3) is 0 Å². The Labute approximate surface area is 104 Å². The van der Waals surface area contributed by atoms with E-state index in [-0.39, 0.29) is 5.37 Å². The summed E-state index contributed by atoms with van der Waals surface area (Å²) in [6.07, 6.45) is 0. The molecule has 1 saturated heterocycles. The van der Waals surface area contributed by atoms with Crippen LogP contribution >= 0.6 is 11.8 Å². The summed E-state index contributed by atoms with van der Waals surface area (Å²) < 4.78 is 5.15. The van der Waals surface area contributed by atoms with E-state index in [0.717, 1.165) is 11.1 Å². The number of benzene rings is 1. The summed E-state index contributed by atoms with van der Waals surface area (Å²) in [4.78, 5) is 10.9. The highest BCUT2D eigenvalue weighted by molar-refractivity contribution is 7.99. The normalized spacial score (nSPS) is 23.8. The summed E-state index contributed by atoms with van der Waals surface area (Å²) in [5, 5.41) is 12.1. The van der Waals surface area contributed by atoms with Crippen LogP contribution in [0.2, 0.25) is 0 Å². The van der Waals surface area contributed by atoms with E-state index in [1.807, 2.05) is 24.3 Å². The first-order valence-electron chi connectivity index (χ1n) is 5.39. The van der Waals surface area contributed by atoms with Gasteiger partial charge in [0.2, 0.25) is 0 Å². The molecular formula is C12H15NO3S.